The number of hydrogen-bond acceptors (Lipinski definition) is 9. The van der Waals surface area contributed by atoms with Crippen molar-refractivity contribution in [2.45, 2.75) is 84.2 Å². The van der Waals surface area contributed by atoms with E-state index in [4.69, 9.17) is 24.2 Å². The maximum Gasteiger partial charge on any atom is 0.407 e. The van der Waals surface area contributed by atoms with Gasteiger partial charge >= 0.3 is 12.2 Å². The number of aromatic nitrogens is 4. The lowest BCUT2D eigenvalue weighted by atomic mass is 9.93. The summed E-state index contributed by atoms with van der Waals surface area (Å²) in [5, 5.41) is 5.39. The molecule has 7 rings (SSSR count). The number of methoxy groups -OCH3 is 2. The van der Waals surface area contributed by atoms with Gasteiger partial charge in [-0.05, 0) is 72.4 Å². The average molecular weight is 767 g/mol. The van der Waals surface area contributed by atoms with Crippen LogP contribution in [0, 0.1) is 11.8 Å². The Morgan fingerprint density at radius 2 is 1.21 bits per heavy atom. The summed E-state index contributed by atoms with van der Waals surface area (Å²) in [5.74, 6) is 1.65. The number of carbonyl (C=O) groups is 4. The van der Waals surface area contributed by atoms with E-state index in [1.54, 1.807) is 22.2 Å². The number of carbonyl (C=O) groups excluding carboxylic acids is 4. The number of imidazole rings is 2. The van der Waals surface area contributed by atoms with E-state index in [9.17, 15) is 19.2 Å². The maximum absolute atomic E-state index is 13.6. The molecule has 56 heavy (non-hydrogen) atoms. The highest BCUT2D eigenvalue weighted by Gasteiger charge is 2.39. The van der Waals surface area contributed by atoms with Gasteiger partial charge < -0.3 is 44.6 Å². The molecule has 3 aliphatic rings. The Kier molecular flexibility index (Phi) is 11.0. The summed E-state index contributed by atoms with van der Waals surface area (Å²) < 4.78 is 15.8. The van der Waals surface area contributed by atoms with Crippen LogP contribution in [0.3, 0.4) is 0 Å². The lowest BCUT2D eigenvalue weighted by Crippen LogP contribution is -2.51. The van der Waals surface area contributed by atoms with E-state index in [2.05, 4.69) is 44.9 Å². The number of benzene rings is 2. The predicted molar refractivity (Wildman–Crippen MR) is 207 cm³/mol. The molecule has 4 atom stereocenters. The van der Waals surface area contributed by atoms with Gasteiger partial charge in [-0.2, -0.15) is 0 Å². The second-order valence-electron chi connectivity index (χ2n) is 15.3. The van der Waals surface area contributed by atoms with E-state index in [1.807, 2.05) is 39.8 Å². The van der Waals surface area contributed by atoms with Gasteiger partial charge in [-0.25, -0.2) is 19.6 Å². The maximum atomic E-state index is 13.6. The van der Waals surface area contributed by atoms with E-state index in [-0.39, 0.29) is 35.7 Å². The Labute approximate surface area is 325 Å². The minimum atomic E-state index is -0.701. The van der Waals surface area contributed by atoms with E-state index in [0.29, 0.717) is 31.3 Å². The molecule has 1 unspecified atom stereocenters. The fourth-order valence-corrected chi connectivity index (χ4v) is 8.02. The molecule has 296 valence electrons. The van der Waals surface area contributed by atoms with Gasteiger partial charge in [-0.15, -0.1) is 0 Å². The van der Waals surface area contributed by atoms with Gasteiger partial charge in [0.25, 0.3) is 0 Å². The first kappa shape index (κ1) is 38.4. The molecule has 4 aromatic rings. The Balaban J connectivity index is 1.05. The molecule has 2 fully saturated rings. The van der Waals surface area contributed by atoms with Crippen molar-refractivity contribution in [3.8, 4) is 39.4 Å². The Bertz CT molecular complexity index is 1960. The summed E-state index contributed by atoms with van der Waals surface area (Å²) in [4.78, 5) is 71.1. The summed E-state index contributed by atoms with van der Waals surface area (Å²) in [6, 6.07) is 10.5. The fraction of sp³-hybridized carbons (Fsp3) is 0.463. The highest BCUT2D eigenvalue weighted by Crippen LogP contribution is 2.42. The van der Waals surface area contributed by atoms with Crippen LogP contribution < -0.4 is 15.4 Å². The highest BCUT2D eigenvalue weighted by atomic mass is 16.5. The molecule has 0 spiro atoms. The number of likely N-dealkylation sites (tertiary alicyclic amines) is 2. The summed E-state index contributed by atoms with van der Waals surface area (Å²) in [6.45, 7) is 9.14. The third-order valence-electron chi connectivity index (χ3n) is 11.1. The monoisotopic (exact) mass is 766 g/mol. The summed E-state index contributed by atoms with van der Waals surface area (Å²) in [5.41, 5.74) is 6.64. The quantitative estimate of drug-likeness (QED) is 0.148. The number of H-pyrrole nitrogens is 2. The number of fused-ring (bicyclic) bond motifs is 3. The van der Waals surface area contributed by atoms with Crippen LogP contribution in [0.2, 0.25) is 0 Å². The molecule has 15 heteroatoms. The summed E-state index contributed by atoms with van der Waals surface area (Å²) in [6.07, 6.45) is 5.54. The van der Waals surface area contributed by atoms with Crippen LogP contribution in [0.15, 0.2) is 48.8 Å². The zero-order valence-electron chi connectivity index (χ0n) is 32.7. The SMILES string of the molecule is COC(=O)NC(C(=O)N1CCC[C@H]1c1ncc(-c2ccc3c(c2)OCc2cc(-c4cnc([C@@H]5CCCN5C(=O)[C@@H](NC(=O)OC)C(C)C)[nH]4)ccc2-3)[nH]1)C(C)C. The van der Waals surface area contributed by atoms with Crippen LogP contribution in [-0.2, 0) is 25.7 Å². The second-order valence-corrected chi connectivity index (χ2v) is 15.3. The topological polar surface area (TPSA) is 184 Å². The first-order chi connectivity index (χ1) is 27.0. The van der Waals surface area contributed by atoms with Crippen molar-refractivity contribution in [2.75, 3.05) is 27.3 Å². The summed E-state index contributed by atoms with van der Waals surface area (Å²) in [7, 11) is 2.57. The predicted octanol–water partition coefficient (Wildman–Crippen LogP) is 6.11. The van der Waals surface area contributed by atoms with E-state index >= 15 is 0 Å². The number of amides is 4. The van der Waals surface area contributed by atoms with Gasteiger partial charge in [0.15, 0.2) is 0 Å². The van der Waals surface area contributed by atoms with E-state index in [1.165, 1.54) is 14.2 Å². The number of nitrogens with one attached hydrogen (secondary N) is 4. The van der Waals surface area contributed by atoms with Crippen LogP contribution >= 0.6 is 0 Å². The number of nitrogens with zero attached hydrogens (tertiary/aromatic N) is 4. The van der Waals surface area contributed by atoms with Crippen LogP contribution in [0.5, 0.6) is 5.75 Å². The number of alkyl carbamates (subject to hydrolysis) is 2. The van der Waals surface area contributed by atoms with Crippen molar-refractivity contribution in [3.05, 3.63) is 66.0 Å². The fourth-order valence-electron chi connectivity index (χ4n) is 8.02. The molecule has 2 aromatic carbocycles. The molecule has 2 aromatic heterocycles. The number of rotatable bonds is 10. The van der Waals surface area contributed by atoms with E-state index < -0.39 is 24.3 Å². The zero-order valence-corrected chi connectivity index (χ0v) is 32.7. The van der Waals surface area contributed by atoms with Crippen molar-refractivity contribution in [2.24, 2.45) is 11.8 Å². The molecule has 0 bridgehead atoms. The van der Waals surface area contributed by atoms with Gasteiger partial charge in [0.2, 0.25) is 11.8 Å². The van der Waals surface area contributed by atoms with Crippen molar-refractivity contribution in [1.82, 2.24) is 40.4 Å². The Hall–Kier alpha value is -5.86. The van der Waals surface area contributed by atoms with Crippen LogP contribution in [0.4, 0.5) is 9.59 Å². The van der Waals surface area contributed by atoms with Crippen LogP contribution in [0.25, 0.3) is 33.6 Å². The van der Waals surface area contributed by atoms with Crippen LogP contribution in [0.1, 0.15) is 82.7 Å². The van der Waals surface area contributed by atoms with E-state index in [0.717, 1.165) is 70.6 Å². The lowest BCUT2D eigenvalue weighted by molar-refractivity contribution is -0.136. The lowest BCUT2D eigenvalue weighted by Gasteiger charge is -2.30. The van der Waals surface area contributed by atoms with Gasteiger partial charge in [-0.1, -0.05) is 45.9 Å². The minimum Gasteiger partial charge on any atom is -0.488 e. The third kappa shape index (κ3) is 7.54. The molecule has 2 saturated heterocycles. The van der Waals surface area contributed by atoms with Crippen molar-refractivity contribution >= 4 is 24.0 Å². The smallest absolute Gasteiger partial charge is 0.407 e. The molecule has 4 N–H and O–H groups in total. The largest absolute Gasteiger partial charge is 0.488 e. The normalized spacial score (nSPS) is 18.6. The molecule has 5 heterocycles. The molecule has 4 amide bonds. The van der Waals surface area contributed by atoms with Gasteiger partial charge in [0.1, 0.15) is 36.1 Å². The number of hydrogen-bond donors (Lipinski definition) is 4. The average Bonchev–Trinajstić information content (AvgIpc) is 4.04. The first-order valence-corrected chi connectivity index (χ1v) is 19.3. The van der Waals surface area contributed by atoms with Gasteiger partial charge in [0.05, 0.1) is 50.1 Å². The molecular weight excluding hydrogens is 716 g/mol. The molecule has 0 saturated carbocycles. The van der Waals surface area contributed by atoms with Gasteiger partial charge in [0, 0.05) is 24.2 Å². The second kappa shape index (κ2) is 16.1. The molecular formula is C41H50N8O7. The molecule has 0 aliphatic carbocycles. The van der Waals surface area contributed by atoms with Gasteiger partial charge in [-0.3, -0.25) is 9.59 Å². The molecule has 15 nitrogen and oxygen atoms in total. The zero-order chi connectivity index (χ0) is 39.7. The highest BCUT2D eigenvalue weighted by molar-refractivity contribution is 5.87. The number of aromatic amines is 2. The Morgan fingerprint density at radius 1 is 0.732 bits per heavy atom. The Morgan fingerprint density at radius 3 is 1.70 bits per heavy atom. The standard InChI is InChI=1S/C41H50N8O7/c1-22(2)34(46-40(52)54-5)38(50)48-15-7-9-31(48)36-42-19-29(44-36)24-11-13-27-26(17-24)21-56-33-18-25(12-14-28(27)33)30-20-43-37(45-30)32-10-8-16-49(32)39(51)35(23(3)4)47-41(53)55-6/h11-14,17-20,22-23,31-32,34-35H,7-10,15-16,21H2,1-6H3,(H,42,44)(H,43,45)(H,46,52)(H,47,53)/t31-,32-,34-,35?/m0/s1. The number of ether oxygens (including phenoxy) is 3. The first-order valence-electron chi connectivity index (χ1n) is 19.3. The van der Waals surface area contributed by atoms with Crippen molar-refractivity contribution < 1.29 is 33.4 Å². The molecule has 0 radical (unpaired) electrons. The minimum absolute atomic E-state index is 0.114. The third-order valence-corrected chi connectivity index (χ3v) is 11.1. The van der Waals surface area contributed by atoms with Crippen molar-refractivity contribution in [1.29, 1.82) is 0 Å². The summed E-state index contributed by atoms with van der Waals surface area (Å²) >= 11 is 0. The molecule has 3 aliphatic heterocycles. The van der Waals surface area contributed by atoms with Crippen LogP contribution in [-0.4, -0.2) is 93.1 Å². The van der Waals surface area contributed by atoms with Crippen molar-refractivity contribution in [3.63, 3.8) is 0 Å².